The van der Waals surface area contributed by atoms with Crippen LogP contribution in [0.2, 0.25) is 0 Å². The van der Waals surface area contributed by atoms with Gasteiger partial charge in [-0.25, -0.2) is 0 Å². The molecule has 4 aliphatic rings. The highest BCUT2D eigenvalue weighted by atomic mass is 16.5. The first kappa shape index (κ1) is 22.6. The van der Waals surface area contributed by atoms with Gasteiger partial charge in [-0.3, -0.25) is 4.79 Å². The number of hydrogen-bond donors (Lipinski definition) is 2. The zero-order chi connectivity index (χ0) is 21.8. The summed E-state index contributed by atoms with van der Waals surface area (Å²) in [5.74, 6) is 3.98. The first-order valence-corrected chi connectivity index (χ1v) is 12.6. The van der Waals surface area contributed by atoms with E-state index in [2.05, 4.69) is 19.2 Å². The van der Waals surface area contributed by atoms with Crippen LogP contribution in [0, 0.1) is 29.1 Å². The molecule has 4 aliphatic carbocycles. The second-order valence-corrected chi connectivity index (χ2v) is 11.2. The van der Waals surface area contributed by atoms with Crippen molar-refractivity contribution in [1.29, 1.82) is 0 Å². The van der Waals surface area contributed by atoms with E-state index < -0.39 is 6.10 Å². The number of aliphatic hydroxyl groups excluding tert-OH is 1. The van der Waals surface area contributed by atoms with Crippen LogP contribution in [0.3, 0.4) is 0 Å². The Kier molecular flexibility index (Phi) is 7.26. The third kappa shape index (κ3) is 5.83. The second-order valence-electron chi connectivity index (χ2n) is 11.2. The molecular weight excluding hydrogens is 386 g/mol. The van der Waals surface area contributed by atoms with Crippen LogP contribution >= 0.6 is 0 Å². The Morgan fingerprint density at radius 2 is 1.74 bits per heavy atom. The van der Waals surface area contributed by atoms with Crippen LogP contribution in [-0.2, 0) is 0 Å². The molecule has 172 valence electrons. The van der Waals surface area contributed by atoms with Crippen molar-refractivity contribution < 1.29 is 14.6 Å². The van der Waals surface area contributed by atoms with Crippen molar-refractivity contribution >= 4 is 5.91 Å². The van der Waals surface area contributed by atoms with Crippen LogP contribution in [0.25, 0.3) is 0 Å². The molecule has 4 saturated carbocycles. The topological polar surface area (TPSA) is 58.6 Å². The van der Waals surface area contributed by atoms with Crippen molar-refractivity contribution in [3.05, 3.63) is 29.8 Å². The molecule has 0 aliphatic heterocycles. The van der Waals surface area contributed by atoms with E-state index in [0.29, 0.717) is 29.2 Å². The van der Waals surface area contributed by atoms with E-state index in [0.717, 1.165) is 37.0 Å². The van der Waals surface area contributed by atoms with Gasteiger partial charge in [0.15, 0.2) is 0 Å². The summed E-state index contributed by atoms with van der Waals surface area (Å²) in [6.45, 7) is 5.20. The van der Waals surface area contributed by atoms with E-state index >= 15 is 0 Å². The summed E-state index contributed by atoms with van der Waals surface area (Å²) < 4.78 is 5.88. The normalized spacial score (nSPS) is 29.9. The van der Waals surface area contributed by atoms with Gasteiger partial charge in [-0.1, -0.05) is 32.4 Å². The van der Waals surface area contributed by atoms with Gasteiger partial charge in [-0.2, -0.15) is 0 Å². The Balaban J connectivity index is 1.21. The number of carbonyl (C=O) groups excluding carboxylic acids is 1. The molecule has 0 heterocycles. The average Bonchev–Trinajstić information content (AvgIpc) is 2.71. The SMILES string of the molecule is CC(C)CCNC(=O)c1ccccc1OCC(O)CCCC12CC3CC(CC(C3)C1)C2. The molecule has 1 amide bonds. The van der Waals surface area contributed by atoms with Crippen molar-refractivity contribution in [3.63, 3.8) is 0 Å². The van der Waals surface area contributed by atoms with Crippen molar-refractivity contribution in [2.75, 3.05) is 13.2 Å². The molecule has 1 aromatic carbocycles. The minimum Gasteiger partial charge on any atom is -0.490 e. The van der Waals surface area contributed by atoms with E-state index in [1.54, 1.807) is 6.07 Å². The maximum atomic E-state index is 12.5. The van der Waals surface area contributed by atoms with E-state index in [1.807, 2.05) is 18.2 Å². The Hall–Kier alpha value is -1.55. The number of hydrogen-bond acceptors (Lipinski definition) is 3. The number of nitrogens with one attached hydrogen (secondary N) is 1. The van der Waals surface area contributed by atoms with Gasteiger partial charge in [-0.05, 0) is 99.0 Å². The summed E-state index contributed by atoms with van der Waals surface area (Å²) in [6, 6.07) is 7.34. The van der Waals surface area contributed by atoms with Gasteiger partial charge in [0.2, 0.25) is 0 Å². The monoisotopic (exact) mass is 427 g/mol. The van der Waals surface area contributed by atoms with Crippen molar-refractivity contribution in [2.45, 2.75) is 84.2 Å². The number of amides is 1. The van der Waals surface area contributed by atoms with Crippen LogP contribution in [0.1, 0.15) is 88.4 Å². The number of aliphatic hydroxyl groups is 1. The number of carbonyl (C=O) groups is 1. The van der Waals surface area contributed by atoms with E-state index in [1.165, 1.54) is 44.9 Å². The quantitative estimate of drug-likeness (QED) is 0.484. The summed E-state index contributed by atoms with van der Waals surface area (Å²) in [5.41, 5.74) is 1.13. The lowest BCUT2D eigenvalue weighted by molar-refractivity contribution is -0.0597. The minimum atomic E-state index is -0.481. The van der Waals surface area contributed by atoms with Crippen LogP contribution < -0.4 is 10.1 Å². The second kappa shape index (κ2) is 9.94. The lowest BCUT2D eigenvalue weighted by atomic mass is 9.48. The molecule has 1 unspecified atom stereocenters. The third-order valence-electron chi connectivity index (χ3n) is 7.98. The molecule has 5 rings (SSSR count). The first-order valence-electron chi connectivity index (χ1n) is 12.6. The van der Waals surface area contributed by atoms with Crippen molar-refractivity contribution in [2.24, 2.45) is 29.1 Å². The lowest BCUT2D eigenvalue weighted by Crippen LogP contribution is -2.46. The first-order chi connectivity index (χ1) is 14.9. The highest BCUT2D eigenvalue weighted by molar-refractivity contribution is 5.96. The number of ether oxygens (including phenoxy) is 1. The molecule has 4 bridgehead atoms. The summed E-state index contributed by atoms with van der Waals surface area (Å²) in [4.78, 5) is 12.5. The molecule has 4 nitrogen and oxygen atoms in total. The molecule has 1 aromatic rings. The predicted molar refractivity (Wildman–Crippen MR) is 124 cm³/mol. The number of para-hydroxylation sites is 1. The number of benzene rings is 1. The van der Waals surface area contributed by atoms with Crippen LogP contribution in [0.4, 0.5) is 0 Å². The van der Waals surface area contributed by atoms with Gasteiger partial charge in [0, 0.05) is 6.54 Å². The molecule has 2 N–H and O–H groups in total. The molecule has 0 spiro atoms. The summed E-state index contributed by atoms with van der Waals surface area (Å²) in [5, 5.41) is 13.5. The maximum absolute atomic E-state index is 12.5. The van der Waals surface area contributed by atoms with E-state index in [4.69, 9.17) is 4.74 Å². The maximum Gasteiger partial charge on any atom is 0.255 e. The number of rotatable bonds is 11. The van der Waals surface area contributed by atoms with Gasteiger partial charge < -0.3 is 15.2 Å². The fourth-order valence-electron chi connectivity index (χ4n) is 6.93. The summed E-state index contributed by atoms with van der Waals surface area (Å²) >= 11 is 0. The zero-order valence-corrected chi connectivity index (χ0v) is 19.4. The minimum absolute atomic E-state index is 0.104. The highest BCUT2D eigenvalue weighted by Gasteiger charge is 2.50. The largest absolute Gasteiger partial charge is 0.490 e. The Morgan fingerprint density at radius 3 is 2.39 bits per heavy atom. The fraction of sp³-hybridized carbons (Fsp3) is 0.741. The fourth-order valence-corrected chi connectivity index (χ4v) is 6.93. The Bertz CT molecular complexity index is 708. The smallest absolute Gasteiger partial charge is 0.255 e. The Morgan fingerprint density at radius 1 is 1.10 bits per heavy atom. The molecule has 4 heteroatoms. The van der Waals surface area contributed by atoms with E-state index in [9.17, 15) is 9.90 Å². The highest BCUT2D eigenvalue weighted by Crippen LogP contribution is 2.61. The summed E-state index contributed by atoms with van der Waals surface area (Å²) in [6.07, 6.45) is 12.4. The third-order valence-corrected chi connectivity index (χ3v) is 7.98. The van der Waals surface area contributed by atoms with Gasteiger partial charge in [-0.15, -0.1) is 0 Å². The molecule has 0 radical (unpaired) electrons. The van der Waals surface area contributed by atoms with Gasteiger partial charge in [0.05, 0.1) is 11.7 Å². The van der Waals surface area contributed by atoms with Crippen molar-refractivity contribution in [3.8, 4) is 5.75 Å². The van der Waals surface area contributed by atoms with Crippen molar-refractivity contribution in [1.82, 2.24) is 5.32 Å². The van der Waals surface area contributed by atoms with Crippen LogP contribution in [0.15, 0.2) is 24.3 Å². The van der Waals surface area contributed by atoms with Gasteiger partial charge >= 0.3 is 0 Å². The molecular formula is C27H41NO3. The van der Waals surface area contributed by atoms with Crippen LogP contribution in [0.5, 0.6) is 5.75 Å². The van der Waals surface area contributed by atoms with Gasteiger partial charge in [0.1, 0.15) is 12.4 Å². The molecule has 1 atom stereocenters. The standard InChI is InChI=1S/C27H41NO3/c1-19(2)9-11-28-26(30)24-7-3-4-8-25(24)31-18-23(29)6-5-10-27-15-20-12-21(16-27)14-22(13-20)17-27/h3-4,7-8,19-23,29H,5-6,9-18H2,1-2H3,(H,28,30). The molecule has 0 saturated heterocycles. The lowest BCUT2D eigenvalue weighted by Gasteiger charge is -2.57. The summed E-state index contributed by atoms with van der Waals surface area (Å²) in [7, 11) is 0. The van der Waals surface area contributed by atoms with E-state index in [-0.39, 0.29) is 12.5 Å². The van der Waals surface area contributed by atoms with Crippen LogP contribution in [-0.4, -0.2) is 30.3 Å². The zero-order valence-electron chi connectivity index (χ0n) is 19.4. The predicted octanol–water partition coefficient (Wildman–Crippen LogP) is 5.59. The van der Waals surface area contributed by atoms with Gasteiger partial charge in [0.25, 0.3) is 5.91 Å². The molecule has 31 heavy (non-hydrogen) atoms. The molecule has 0 aromatic heterocycles. The molecule has 4 fully saturated rings. The average molecular weight is 428 g/mol. The Labute approximate surface area is 188 Å².